The van der Waals surface area contributed by atoms with E-state index in [-0.39, 0.29) is 28.8 Å². The maximum absolute atomic E-state index is 12.6. The zero-order valence-electron chi connectivity index (χ0n) is 15.1. The molecule has 1 aliphatic carbocycles. The van der Waals surface area contributed by atoms with Crippen molar-refractivity contribution in [2.24, 2.45) is 11.7 Å². The Labute approximate surface area is 159 Å². The van der Waals surface area contributed by atoms with Gasteiger partial charge >= 0.3 is 12.7 Å². The second-order valence-corrected chi connectivity index (χ2v) is 6.36. The lowest BCUT2D eigenvalue weighted by Gasteiger charge is -2.13. The molecule has 0 unspecified atom stereocenters. The molecule has 152 valence electrons. The van der Waals surface area contributed by atoms with Gasteiger partial charge in [-0.2, -0.15) is 8.78 Å². The van der Waals surface area contributed by atoms with Crippen molar-refractivity contribution in [2.75, 3.05) is 6.61 Å². The van der Waals surface area contributed by atoms with Crippen LogP contribution in [0.1, 0.15) is 37.3 Å². The van der Waals surface area contributed by atoms with Crippen molar-refractivity contribution in [3.63, 3.8) is 0 Å². The number of hydrogen-bond acceptors (Lipinski definition) is 7. The first kappa shape index (κ1) is 19.9. The van der Waals surface area contributed by atoms with Crippen molar-refractivity contribution in [2.45, 2.75) is 39.1 Å². The van der Waals surface area contributed by atoms with Crippen molar-refractivity contribution >= 4 is 6.09 Å². The minimum absolute atomic E-state index is 0.0961. The summed E-state index contributed by atoms with van der Waals surface area (Å²) in [6.45, 7) is -1.54. The highest BCUT2D eigenvalue weighted by Gasteiger charge is 2.25. The summed E-state index contributed by atoms with van der Waals surface area (Å²) in [5.74, 6) is 0.670. The Bertz CT molecular complexity index is 837. The molecule has 2 aromatic rings. The van der Waals surface area contributed by atoms with Gasteiger partial charge in [0, 0.05) is 5.56 Å². The van der Waals surface area contributed by atoms with Crippen LogP contribution in [0.3, 0.4) is 0 Å². The second kappa shape index (κ2) is 8.42. The van der Waals surface area contributed by atoms with Gasteiger partial charge in [0.1, 0.15) is 5.69 Å². The number of carbonyl (C=O) groups is 1. The molecule has 28 heavy (non-hydrogen) atoms. The van der Waals surface area contributed by atoms with E-state index in [1.807, 2.05) is 0 Å². The van der Waals surface area contributed by atoms with E-state index in [0.717, 1.165) is 12.8 Å². The Morgan fingerprint density at radius 2 is 2.14 bits per heavy atom. The van der Waals surface area contributed by atoms with E-state index in [0.29, 0.717) is 18.1 Å². The molecule has 1 atom stereocenters. The zero-order chi connectivity index (χ0) is 20.3. The third-order valence-electron chi connectivity index (χ3n) is 4.12. The van der Waals surface area contributed by atoms with E-state index < -0.39 is 25.4 Å². The van der Waals surface area contributed by atoms with Gasteiger partial charge < -0.3 is 29.5 Å². The predicted molar refractivity (Wildman–Crippen MR) is 91.8 cm³/mol. The number of carbonyl (C=O) groups excluding carboxylic acids is 1. The Hall–Kier alpha value is -2.88. The molecule has 0 spiro atoms. The van der Waals surface area contributed by atoms with Gasteiger partial charge in [0.05, 0.1) is 13.2 Å². The van der Waals surface area contributed by atoms with Gasteiger partial charge in [0.25, 0.3) is 0 Å². The van der Waals surface area contributed by atoms with Crippen LogP contribution in [0.5, 0.6) is 11.5 Å². The van der Waals surface area contributed by atoms with E-state index in [4.69, 9.17) is 19.6 Å². The minimum Gasteiger partial charge on any atom is -0.489 e. The fraction of sp³-hybridized carbons (Fsp3) is 0.444. The standard InChI is InChI=1S/C18H20F2N2O6/c1-9(26-18(21)24)15-12(7-23)22-16(28-15)11-4-5-13(27-17(19)20)14(6-11)25-8-10-2-3-10/h4-6,9-10,17,23H,2-3,7-8H2,1H3,(H2,21,24)/t9-/m0/s1. The largest absolute Gasteiger partial charge is 0.489 e. The predicted octanol–water partition coefficient (Wildman–Crippen LogP) is 3.38. The minimum atomic E-state index is -2.99. The summed E-state index contributed by atoms with van der Waals surface area (Å²) in [7, 11) is 0. The molecule has 0 radical (unpaired) electrons. The Balaban J connectivity index is 1.90. The molecule has 1 saturated carbocycles. The summed E-state index contributed by atoms with van der Waals surface area (Å²) in [4.78, 5) is 15.1. The number of oxazole rings is 1. The SMILES string of the molecule is C[C@H](OC(N)=O)c1oc(-c2ccc(OC(F)F)c(OCC3CC3)c2)nc1CO. The summed E-state index contributed by atoms with van der Waals surface area (Å²) < 4.78 is 45.9. The van der Waals surface area contributed by atoms with Crippen LogP contribution in [0, 0.1) is 5.92 Å². The number of amides is 1. The van der Waals surface area contributed by atoms with E-state index in [1.54, 1.807) is 0 Å². The molecule has 1 fully saturated rings. The number of aliphatic hydroxyl groups excluding tert-OH is 1. The lowest BCUT2D eigenvalue weighted by atomic mass is 10.2. The average molecular weight is 398 g/mol. The highest BCUT2D eigenvalue weighted by atomic mass is 19.3. The molecule has 8 nitrogen and oxygen atoms in total. The second-order valence-electron chi connectivity index (χ2n) is 6.36. The van der Waals surface area contributed by atoms with E-state index in [1.165, 1.54) is 25.1 Å². The molecule has 1 amide bonds. The van der Waals surface area contributed by atoms with Crippen molar-refractivity contribution in [1.29, 1.82) is 0 Å². The number of rotatable bonds is 9. The summed E-state index contributed by atoms with van der Waals surface area (Å²) in [5.41, 5.74) is 5.58. The van der Waals surface area contributed by atoms with Crippen LogP contribution in [0.4, 0.5) is 13.6 Å². The molecular weight excluding hydrogens is 378 g/mol. The number of ether oxygens (including phenoxy) is 3. The fourth-order valence-corrected chi connectivity index (χ4v) is 2.59. The number of aliphatic hydroxyl groups is 1. The summed E-state index contributed by atoms with van der Waals surface area (Å²) in [6.07, 6.45) is 0.197. The number of nitrogens with two attached hydrogens (primary N) is 1. The van der Waals surface area contributed by atoms with Gasteiger partial charge in [0.2, 0.25) is 5.89 Å². The Kier molecular flexibility index (Phi) is 5.98. The molecular formula is C18H20F2N2O6. The van der Waals surface area contributed by atoms with Gasteiger partial charge in [-0.05, 0) is 43.9 Å². The van der Waals surface area contributed by atoms with Crippen LogP contribution < -0.4 is 15.2 Å². The molecule has 1 aliphatic rings. The number of nitrogens with zero attached hydrogens (tertiary/aromatic N) is 1. The quantitative estimate of drug-likeness (QED) is 0.665. The summed E-state index contributed by atoms with van der Waals surface area (Å²) >= 11 is 0. The molecule has 1 heterocycles. The Morgan fingerprint density at radius 3 is 2.75 bits per heavy atom. The number of aromatic nitrogens is 1. The lowest BCUT2D eigenvalue weighted by molar-refractivity contribution is -0.0515. The lowest BCUT2D eigenvalue weighted by Crippen LogP contribution is -2.16. The van der Waals surface area contributed by atoms with Crippen LogP contribution in [0.25, 0.3) is 11.5 Å². The van der Waals surface area contributed by atoms with Crippen LogP contribution in [0.2, 0.25) is 0 Å². The van der Waals surface area contributed by atoms with Crippen molar-refractivity contribution in [1.82, 2.24) is 4.98 Å². The molecule has 1 aromatic carbocycles. The molecule has 0 aliphatic heterocycles. The third kappa shape index (κ3) is 4.89. The molecule has 0 bridgehead atoms. The van der Waals surface area contributed by atoms with Gasteiger partial charge in [-0.3, -0.25) is 0 Å². The maximum Gasteiger partial charge on any atom is 0.405 e. The average Bonchev–Trinajstić information content (AvgIpc) is 3.36. The monoisotopic (exact) mass is 398 g/mol. The van der Waals surface area contributed by atoms with Gasteiger partial charge in [-0.1, -0.05) is 0 Å². The number of hydrogen-bond donors (Lipinski definition) is 2. The third-order valence-corrected chi connectivity index (χ3v) is 4.12. The Morgan fingerprint density at radius 1 is 1.39 bits per heavy atom. The van der Waals surface area contributed by atoms with Gasteiger partial charge in [-0.15, -0.1) is 0 Å². The smallest absolute Gasteiger partial charge is 0.405 e. The fourth-order valence-electron chi connectivity index (χ4n) is 2.59. The summed E-state index contributed by atoms with van der Waals surface area (Å²) in [6, 6.07) is 4.27. The number of benzene rings is 1. The molecule has 10 heteroatoms. The number of primary amides is 1. The van der Waals surface area contributed by atoms with Crippen LogP contribution in [0.15, 0.2) is 22.6 Å². The van der Waals surface area contributed by atoms with E-state index >= 15 is 0 Å². The molecule has 3 rings (SSSR count). The van der Waals surface area contributed by atoms with E-state index in [9.17, 15) is 18.7 Å². The van der Waals surface area contributed by atoms with Crippen molar-refractivity contribution in [3.05, 3.63) is 29.7 Å². The van der Waals surface area contributed by atoms with Crippen molar-refractivity contribution < 1.29 is 37.3 Å². The van der Waals surface area contributed by atoms with Gasteiger partial charge in [0.15, 0.2) is 23.4 Å². The number of halogens is 2. The maximum atomic E-state index is 12.6. The molecule has 3 N–H and O–H groups in total. The molecule has 1 aromatic heterocycles. The van der Waals surface area contributed by atoms with E-state index in [2.05, 4.69) is 9.72 Å². The highest BCUT2D eigenvalue weighted by Crippen LogP contribution is 2.37. The topological polar surface area (TPSA) is 117 Å². The van der Waals surface area contributed by atoms with Crippen LogP contribution in [-0.2, 0) is 11.3 Å². The van der Waals surface area contributed by atoms with Crippen molar-refractivity contribution in [3.8, 4) is 23.0 Å². The molecule has 0 saturated heterocycles. The first-order valence-corrected chi connectivity index (χ1v) is 8.66. The number of alkyl halides is 2. The van der Waals surface area contributed by atoms with Crippen LogP contribution >= 0.6 is 0 Å². The van der Waals surface area contributed by atoms with Crippen LogP contribution in [-0.4, -0.2) is 29.4 Å². The first-order chi connectivity index (χ1) is 13.4. The first-order valence-electron chi connectivity index (χ1n) is 8.66. The van der Waals surface area contributed by atoms with Gasteiger partial charge in [-0.25, -0.2) is 9.78 Å². The highest BCUT2D eigenvalue weighted by molar-refractivity contribution is 5.65. The summed E-state index contributed by atoms with van der Waals surface area (Å²) in [5, 5.41) is 9.49. The normalized spacial score (nSPS) is 14.8. The zero-order valence-corrected chi connectivity index (χ0v) is 15.1.